The Hall–Kier alpha value is -5.33. The SMILES string of the molecule is COc1ccc(C[C@H]2CN(C(=O)OCc3cc(C)cc(C(F)(F)F)c3)[C@H]3CN(Cc4ccccc4)C(=O)[C@H](Cc4cnc[nH]4)N3C2=O)cc1. The number of alkyl halides is 3. The minimum Gasteiger partial charge on any atom is -0.497 e. The number of rotatable bonds is 9. The molecule has 0 spiro atoms. The van der Waals surface area contributed by atoms with Crippen molar-refractivity contribution in [2.24, 2.45) is 5.92 Å². The molecule has 3 aromatic carbocycles. The Bertz CT molecular complexity index is 1780. The minimum absolute atomic E-state index is 0.0172. The molecule has 13 heteroatoms. The molecule has 2 saturated heterocycles. The standard InChI is InChI=1S/C36H36F3N5O5/c1-23-12-26(15-28(13-23)36(37,38)39)21-49-35(47)43-19-27(14-24-8-10-30(48-2)11-9-24)33(45)44-31(16-29-17-40-22-41-29)34(46)42(20-32(43)44)18-25-6-4-3-5-7-25/h3-13,15,17,22,27,31-32H,14,16,18-21H2,1-2H3,(H,40,41)/t27-,31-,32+/m0/s1. The predicted octanol–water partition coefficient (Wildman–Crippen LogP) is 5.37. The molecule has 0 unspecified atom stereocenters. The topological polar surface area (TPSA) is 108 Å². The Morgan fingerprint density at radius 1 is 0.939 bits per heavy atom. The summed E-state index contributed by atoms with van der Waals surface area (Å²) in [6.45, 7) is 1.38. The van der Waals surface area contributed by atoms with E-state index in [0.717, 1.165) is 23.3 Å². The number of imidazole rings is 1. The first-order chi connectivity index (χ1) is 23.5. The van der Waals surface area contributed by atoms with Crippen LogP contribution in [0, 0.1) is 12.8 Å². The van der Waals surface area contributed by atoms with Gasteiger partial charge in [0, 0.05) is 31.4 Å². The van der Waals surface area contributed by atoms with Gasteiger partial charge in [0.15, 0.2) is 0 Å². The summed E-state index contributed by atoms with van der Waals surface area (Å²) in [7, 11) is 1.55. The van der Waals surface area contributed by atoms with Crippen LogP contribution in [0.25, 0.3) is 0 Å². The minimum atomic E-state index is -4.56. The molecular weight excluding hydrogens is 639 g/mol. The molecule has 3 heterocycles. The van der Waals surface area contributed by atoms with Crippen LogP contribution in [0.4, 0.5) is 18.0 Å². The smallest absolute Gasteiger partial charge is 0.416 e. The highest BCUT2D eigenvalue weighted by Crippen LogP contribution is 2.34. The number of aromatic amines is 1. The molecule has 2 fully saturated rings. The van der Waals surface area contributed by atoms with Crippen molar-refractivity contribution in [3.05, 3.63) is 119 Å². The van der Waals surface area contributed by atoms with Crippen molar-refractivity contribution in [3.8, 4) is 5.75 Å². The number of aryl methyl sites for hydroxylation is 1. The van der Waals surface area contributed by atoms with Crippen molar-refractivity contribution < 1.29 is 37.0 Å². The monoisotopic (exact) mass is 675 g/mol. The Kier molecular flexibility index (Phi) is 9.61. The van der Waals surface area contributed by atoms with Crippen LogP contribution in [0.3, 0.4) is 0 Å². The van der Waals surface area contributed by atoms with Crippen molar-refractivity contribution in [2.45, 2.75) is 51.3 Å². The second-order valence-electron chi connectivity index (χ2n) is 12.4. The number of ether oxygens (including phenoxy) is 2. The molecule has 3 amide bonds. The van der Waals surface area contributed by atoms with Crippen molar-refractivity contribution in [3.63, 3.8) is 0 Å². The number of hydrogen-bond donors (Lipinski definition) is 1. The van der Waals surface area contributed by atoms with Crippen LogP contribution < -0.4 is 4.74 Å². The molecule has 256 valence electrons. The molecule has 2 aliphatic heterocycles. The Labute approximate surface area is 281 Å². The molecule has 0 aliphatic carbocycles. The number of nitrogens with one attached hydrogen (secondary N) is 1. The number of H-pyrrole nitrogens is 1. The number of fused-ring (bicyclic) bond motifs is 1. The number of benzene rings is 3. The lowest BCUT2D eigenvalue weighted by atomic mass is 9.91. The van der Waals surface area contributed by atoms with Gasteiger partial charge in [0.25, 0.3) is 0 Å². The van der Waals surface area contributed by atoms with Gasteiger partial charge in [0.05, 0.1) is 31.5 Å². The summed E-state index contributed by atoms with van der Waals surface area (Å²) in [5.41, 5.74) is 2.05. The Morgan fingerprint density at radius 3 is 2.37 bits per heavy atom. The van der Waals surface area contributed by atoms with E-state index in [1.165, 1.54) is 22.2 Å². The zero-order valence-electron chi connectivity index (χ0n) is 27.0. The summed E-state index contributed by atoms with van der Waals surface area (Å²) < 4.78 is 51.5. The van der Waals surface area contributed by atoms with Crippen molar-refractivity contribution in [1.82, 2.24) is 24.7 Å². The second kappa shape index (κ2) is 14.0. The number of aromatic nitrogens is 2. The summed E-state index contributed by atoms with van der Waals surface area (Å²) in [4.78, 5) is 54.2. The number of amides is 3. The third kappa shape index (κ3) is 7.55. The number of hydrogen-bond acceptors (Lipinski definition) is 6. The lowest BCUT2D eigenvalue weighted by molar-refractivity contribution is -0.173. The van der Waals surface area contributed by atoms with Crippen molar-refractivity contribution >= 4 is 17.9 Å². The number of methoxy groups -OCH3 is 1. The molecule has 6 rings (SSSR count). The summed E-state index contributed by atoms with van der Waals surface area (Å²) in [6, 6.07) is 19.2. The largest absolute Gasteiger partial charge is 0.497 e. The van der Waals surface area contributed by atoms with E-state index in [1.807, 2.05) is 42.5 Å². The fourth-order valence-electron chi connectivity index (χ4n) is 6.58. The normalized spacial score (nSPS) is 19.5. The fraction of sp³-hybridized carbons (Fsp3) is 0.333. The molecule has 10 nitrogen and oxygen atoms in total. The zero-order valence-corrected chi connectivity index (χ0v) is 27.0. The Morgan fingerprint density at radius 2 is 1.69 bits per heavy atom. The third-order valence-electron chi connectivity index (χ3n) is 8.90. The van der Waals surface area contributed by atoms with E-state index in [1.54, 1.807) is 37.3 Å². The number of carbonyl (C=O) groups excluding carboxylic acids is 3. The molecule has 0 saturated carbocycles. The van der Waals surface area contributed by atoms with Gasteiger partial charge in [0.2, 0.25) is 11.8 Å². The van der Waals surface area contributed by atoms with Crippen LogP contribution in [-0.4, -0.2) is 75.0 Å². The lowest BCUT2D eigenvalue weighted by Crippen LogP contribution is -2.73. The summed E-state index contributed by atoms with van der Waals surface area (Å²) >= 11 is 0. The van der Waals surface area contributed by atoms with Crippen LogP contribution in [0.2, 0.25) is 0 Å². The van der Waals surface area contributed by atoms with E-state index in [9.17, 15) is 27.6 Å². The predicted molar refractivity (Wildman–Crippen MR) is 172 cm³/mol. The lowest BCUT2D eigenvalue weighted by Gasteiger charge is -2.53. The quantitative estimate of drug-likeness (QED) is 0.256. The second-order valence-corrected chi connectivity index (χ2v) is 12.4. The molecule has 2 aliphatic rings. The van der Waals surface area contributed by atoms with Gasteiger partial charge < -0.3 is 24.3 Å². The number of halogens is 3. The van der Waals surface area contributed by atoms with Gasteiger partial charge in [-0.3, -0.25) is 14.5 Å². The van der Waals surface area contributed by atoms with Gasteiger partial charge in [-0.2, -0.15) is 13.2 Å². The van der Waals surface area contributed by atoms with Crippen LogP contribution in [0.15, 0.2) is 85.3 Å². The molecule has 0 bridgehead atoms. The highest BCUT2D eigenvalue weighted by Gasteiger charge is 2.52. The first-order valence-corrected chi connectivity index (χ1v) is 15.9. The molecule has 4 aromatic rings. The highest BCUT2D eigenvalue weighted by molar-refractivity contribution is 5.92. The van der Waals surface area contributed by atoms with Crippen LogP contribution in [0.5, 0.6) is 5.75 Å². The highest BCUT2D eigenvalue weighted by atomic mass is 19.4. The zero-order chi connectivity index (χ0) is 34.7. The van der Waals surface area contributed by atoms with Gasteiger partial charge in [-0.15, -0.1) is 0 Å². The average molecular weight is 676 g/mol. The van der Waals surface area contributed by atoms with E-state index >= 15 is 0 Å². The van der Waals surface area contributed by atoms with E-state index in [-0.39, 0.29) is 49.9 Å². The van der Waals surface area contributed by atoms with E-state index in [2.05, 4.69) is 9.97 Å². The maximum Gasteiger partial charge on any atom is 0.416 e. The maximum atomic E-state index is 14.4. The van der Waals surface area contributed by atoms with Crippen molar-refractivity contribution in [2.75, 3.05) is 20.2 Å². The number of piperazine rings is 1. The van der Waals surface area contributed by atoms with Crippen LogP contribution in [0.1, 0.15) is 33.5 Å². The average Bonchev–Trinajstić information content (AvgIpc) is 3.60. The van der Waals surface area contributed by atoms with Crippen LogP contribution >= 0.6 is 0 Å². The molecule has 1 N–H and O–H groups in total. The Balaban J connectivity index is 1.33. The maximum absolute atomic E-state index is 14.4. The fourth-order valence-corrected chi connectivity index (χ4v) is 6.58. The van der Waals surface area contributed by atoms with E-state index < -0.39 is 42.6 Å². The van der Waals surface area contributed by atoms with E-state index in [0.29, 0.717) is 17.0 Å². The van der Waals surface area contributed by atoms with Crippen molar-refractivity contribution in [1.29, 1.82) is 0 Å². The summed E-state index contributed by atoms with van der Waals surface area (Å²) in [5.74, 6) is -0.643. The summed E-state index contributed by atoms with van der Waals surface area (Å²) in [5, 5.41) is 0. The molecule has 49 heavy (non-hydrogen) atoms. The van der Waals surface area contributed by atoms with E-state index in [4.69, 9.17) is 9.47 Å². The number of nitrogens with zero attached hydrogens (tertiary/aromatic N) is 4. The van der Waals surface area contributed by atoms with Gasteiger partial charge >= 0.3 is 12.3 Å². The summed E-state index contributed by atoms with van der Waals surface area (Å²) in [6.07, 6.45) is -2.77. The third-order valence-corrected chi connectivity index (χ3v) is 8.90. The molecule has 1 aromatic heterocycles. The van der Waals surface area contributed by atoms with Gasteiger partial charge in [-0.1, -0.05) is 54.1 Å². The van der Waals surface area contributed by atoms with Gasteiger partial charge in [0.1, 0.15) is 24.6 Å². The van der Waals surface area contributed by atoms with Gasteiger partial charge in [-0.05, 0) is 54.3 Å². The molecule has 0 radical (unpaired) electrons. The molecule has 3 atom stereocenters. The first kappa shape index (κ1) is 33.6. The first-order valence-electron chi connectivity index (χ1n) is 15.9. The van der Waals surface area contributed by atoms with Gasteiger partial charge in [-0.25, -0.2) is 9.78 Å². The number of carbonyl (C=O) groups is 3. The molecular formula is C36H36F3N5O5. The van der Waals surface area contributed by atoms with Crippen LogP contribution in [-0.2, 0) is 46.5 Å².